The van der Waals surface area contributed by atoms with Crippen molar-refractivity contribution in [1.29, 1.82) is 0 Å². The normalized spacial score (nSPS) is 14.7. The summed E-state index contributed by atoms with van der Waals surface area (Å²) in [5, 5.41) is 7.81. The Bertz CT molecular complexity index is 668. The summed E-state index contributed by atoms with van der Waals surface area (Å²) in [7, 11) is 0. The van der Waals surface area contributed by atoms with Crippen molar-refractivity contribution < 1.29 is 4.74 Å². The van der Waals surface area contributed by atoms with Gasteiger partial charge in [0, 0.05) is 36.3 Å². The number of nitrogens with zero attached hydrogens (tertiary/aromatic N) is 2. The van der Waals surface area contributed by atoms with Crippen LogP contribution >= 0.6 is 15.9 Å². The van der Waals surface area contributed by atoms with E-state index in [0.717, 1.165) is 60.6 Å². The number of hydrogen-bond donors (Lipinski definition) is 1. The molecule has 0 bridgehead atoms. The molecule has 1 aromatic carbocycles. The molecule has 0 atom stereocenters. The SMILES string of the molecule is CCCOc1ccc(-c2n[nH]c3c2CN(CCC)CC3)cc1Br. The molecular formula is C18H24BrN3O. The lowest BCUT2D eigenvalue weighted by Crippen LogP contribution is -2.31. The molecule has 1 aliphatic heterocycles. The summed E-state index contributed by atoms with van der Waals surface area (Å²) in [4.78, 5) is 2.51. The summed E-state index contributed by atoms with van der Waals surface area (Å²) < 4.78 is 6.72. The zero-order chi connectivity index (χ0) is 16.2. The summed E-state index contributed by atoms with van der Waals surface area (Å²) in [6.45, 7) is 8.34. The van der Waals surface area contributed by atoms with Crippen LogP contribution in [0.5, 0.6) is 5.75 Å². The van der Waals surface area contributed by atoms with Gasteiger partial charge in [0.2, 0.25) is 0 Å². The van der Waals surface area contributed by atoms with Crippen molar-refractivity contribution in [2.75, 3.05) is 19.7 Å². The molecule has 2 heterocycles. The second-order valence-electron chi connectivity index (χ2n) is 6.05. The number of rotatable bonds is 6. The Balaban J connectivity index is 1.85. The fourth-order valence-corrected chi connectivity index (χ4v) is 3.57. The van der Waals surface area contributed by atoms with E-state index in [0.29, 0.717) is 0 Å². The van der Waals surface area contributed by atoms with Crippen LogP contribution in [0.3, 0.4) is 0 Å². The average molecular weight is 378 g/mol. The second-order valence-corrected chi connectivity index (χ2v) is 6.90. The Morgan fingerprint density at radius 3 is 2.91 bits per heavy atom. The summed E-state index contributed by atoms with van der Waals surface area (Å²) in [6, 6.07) is 6.24. The number of fused-ring (bicyclic) bond motifs is 1. The molecule has 0 radical (unpaired) electrons. The molecular weight excluding hydrogens is 354 g/mol. The zero-order valence-corrected chi connectivity index (χ0v) is 15.4. The van der Waals surface area contributed by atoms with Crippen LogP contribution in [-0.4, -0.2) is 34.8 Å². The Hall–Kier alpha value is -1.33. The van der Waals surface area contributed by atoms with Crippen molar-refractivity contribution in [3.8, 4) is 17.0 Å². The number of ether oxygens (including phenoxy) is 1. The maximum atomic E-state index is 5.74. The van der Waals surface area contributed by atoms with Crippen LogP contribution in [0.2, 0.25) is 0 Å². The van der Waals surface area contributed by atoms with Crippen molar-refractivity contribution >= 4 is 15.9 Å². The van der Waals surface area contributed by atoms with Crippen LogP contribution < -0.4 is 4.74 Å². The number of aromatic nitrogens is 2. The predicted octanol–water partition coefficient (Wildman–Crippen LogP) is 4.40. The van der Waals surface area contributed by atoms with Gasteiger partial charge in [0.25, 0.3) is 0 Å². The van der Waals surface area contributed by atoms with Crippen molar-refractivity contribution in [3.05, 3.63) is 33.9 Å². The molecule has 0 spiro atoms. The van der Waals surface area contributed by atoms with Crippen molar-refractivity contribution in [1.82, 2.24) is 15.1 Å². The number of aromatic amines is 1. The molecule has 0 unspecified atom stereocenters. The van der Waals surface area contributed by atoms with Gasteiger partial charge in [-0.15, -0.1) is 0 Å². The first-order valence-corrected chi connectivity index (χ1v) is 9.23. The van der Waals surface area contributed by atoms with Crippen LogP contribution in [0, 0.1) is 0 Å². The highest BCUT2D eigenvalue weighted by Gasteiger charge is 2.22. The van der Waals surface area contributed by atoms with Crippen LogP contribution in [0.1, 0.15) is 37.9 Å². The minimum atomic E-state index is 0.738. The van der Waals surface area contributed by atoms with E-state index in [-0.39, 0.29) is 0 Å². The maximum Gasteiger partial charge on any atom is 0.133 e. The predicted molar refractivity (Wildman–Crippen MR) is 96.8 cm³/mol. The van der Waals surface area contributed by atoms with Crippen LogP contribution in [0.4, 0.5) is 0 Å². The fourth-order valence-electron chi connectivity index (χ4n) is 3.07. The number of H-pyrrole nitrogens is 1. The molecule has 2 aromatic rings. The lowest BCUT2D eigenvalue weighted by atomic mass is 10.0. The van der Waals surface area contributed by atoms with E-state index in [9.17, 15) is 0 Å². The number of halogens is 1. The van der Waals surface area contributed by atoms with Gasteiger partial charge in [-0.2, -0.15) is 5.10 Å². The van der Waals surface area contributed by atoms with E-state index in [1.807, 2.05) is 6.07 Å². The molecule has 124 valence electrons. The lowest BCUT2D eigenvalue weighted by Gasteiger charge is -2.26. The molecule has 1 N–H and O–H groups in total. The molecule has 0 saturated carbocycles. The smallest absolute Gasteiger partial charge is 0.133 e. The van der Waals surface area contributed by atoms with Crippen LogP contribution in [-0.2, 0) is 13.0 Å². The van der Waals surface area contributed by atoms with E-state index < -0.39 is 0 Å². The van der Waals surface area contributed by atoms with Gasteiger partial charge in [-0.3, -0.25) is 10.00 Å². The largest absolute Gasteiger partial charge is 0.492 e. The monoisotopic (exact) mass is 377 g/mol. The third-order valence-corrected chi connectivity index (χ3v) is 4.84. The Morgan fingerprint density at radius 1 is 1.30 bits per heavy atom. The molecule has 1 aromatic heterocycles. The first-order valence-electron chi connectivity index (χ1n) is 8.44. The van der Waals surface area contributed by atoms with E-state index in [1.54, 1.807) is 0 Å². The highest BCUT2D eigenvalue weighted by molar-refractivity contribution is 9.10. The number of nitrogens with one attached hydrogen (secondary N) is 1. The highest BCUT2D eigenvalue weighted by Crippen LogP contribution is 2.33. The summed E-state index contributed by atoms with van der Waals surface area (Å²) in [5.41, 5.74) is 4.84. The third-order valence-electron chi connectivity index (χ3n) is 4.22. The average Bonchev–Trinajstić information content (AvgIpc) is 2.97. The van der Waals surface area contributed by atoms with E-state index in [2.05, 4.69) is 57.0 Å². The minimum absolute atomic E-state index is 0.738. The minimum Gasteiger partial charge on any atom is -0.492 e. The Labute approximate surface area is 146 Å². The molecule has 4 nitrogen and oxygen atoms in total. The van der Waals surface area contributed by atoms with Crippen molar-refractivity contribution in [2.24, 2.45) is 0 Å². The lowest BCUT2D eigenvalue weighted by molar-refractivity contribution is 0.254. The molecule has 5 heteroatoms. The van der Waals surface area contributed by atoms with Gasteiger partial charge in [-0.1, -0.05) is 13.8 Å². The van der Waals surface area contributed by atoms with Gasteiger partial charge < -0.3 is 4.74 Å². The first kappa shape index (κ1) is 16.5. The van der Waals surface area contributed by atoms with Gasteiger partial charge >= 0.3 is 0 Å². The van der Waals surface area contributed by atoms with Crippen molar-refractivity contribution in [3.63, 3.8) is 0 Å². The number of benzene rings is 1. The molecule has 0 fully saturated rings. The van der Waals surface area contributed by atoms with Gasteiger partial charge in [0.05, 0.1) is 16.8 Å². The quantitative estimate of drug-likeness (QED) is 0.810. The Kier molecular flexibility index (Phi) is 5.38. The van der Waals surface area contributed by atoms with Crippen LogP contribution in [0.15, 0.2) is 22.7 Å². The van der Waals surface area contributed by atoms with Crippen LogP contribution in [0.25, 0.3) is 11.3 Å². The van der Waals surface area contributed by atoms with E-state index >= 15 is 0 Å². The number of hydrogen-bond acceptors (Lipinski definition) is 3. The molecule has 0 aliphatic carbocycles. The topological polar surface area (TPSA) is 41.1 Å². The van der Waals surface area contributed by atoms with E-state index in [4.69, 9.17) is 4.74 Å². The highest BCUT2D eigenvalue weighted by atomic mass is 79.9. The van der Waals surface area contributed by atoms with Gasteiger partial charge in [0.15, 0.2) is 0 Å². The summed E-state index contributed by atoms with van der Waals surface area (Å²) in [6.07, 6.45) is 3.26. The third kappa shape index (κ3) is 3.61. The zero-order valence-electron chi connectivity index (χ0n) is 13.9. The standard InChI is InChI=1S/C18H24BrN3O/c1-3-8-22-9-7-16-14(12-22)18(21-20-16)13-5-6-17(15(19)11-13)23-10-4-2/h5-6,11H,3-4,7-10,12H2,1-2H3,(H,20,21). The van der Waals surface area contributed by atoms with Gasteiger partial charge in [-0.25, -0.2) is 0 Å². The Morgan fingerprint density at radius 2 is 2.17 bits per heavy atom. The summed E-state index contributed by atoms with van der Waals surface area (Å²) >= 11 is 3.62. The summed E-state index contributed by atoms with van der Waals surface area (Å²) in [5.74, 6) is 0.896. The van der Waals surface area contributed by atoms with Gasteiger partial charge in [-0.05, 0) is 53.5 Å². The van der Waals surface area contributed by atoms with Gasteiger partial charge in [0.1, 0.15) is 5.75 Å². The molecule has 23 heavy (non-hydrogen) atoms. The maximum absolute atomic E-state index is 5.74. The van der Waals surface area contributed by atoms with Crippen molar-refractivity contribution in [2.45, 2.75) is 39.7 Å². The molecule has 0 saturated heterocycles. The fraction of sp³-hybridized carbons (Fsp3) is 0.500. The van der Waals surface area contributed by atoms with E-state index in [1.165, 1.54) is 17.7 Å². The molecule has 1 aliphatic rings. The second kappa shape index (κ2) is 7.49. The molecule has 3 rings (SSSR count). The molecule has 0 amide bonds. The first-order chi connectivity index (χ1) is 11.2.